The molecule has 0 aliphatic carbocycles. The molecule has 0 aromatic heterocycles. The lowest BCUT2D eigenvalue weighted by atomic mass is 10.1. The summed E-state index contributed by atoms with van der Waals surface area (Å²) in [6, 6.07) is 4.09. The number of rotatable bonds is 5. The first kappa shape index (κ1) is 14.1. The molecule has 0 radical (unpaired) electrons. The summed E-state index contributed by atoms with van der Waals surface area (Å²) < 4.78 is 14.1. The van der Waals surface area contributed by atoms with Crippen LogP contribution in [0.25, 0.3) is 0 Å². The van der Waals surface area contributed by atoms with Crippen molar-refractivity contribution in [3.05, 3.63) is 34.1 Å². The second-order valence-corrected chi connectivity index (χ2v) is 4.76. The molecule has 1 aromatic carbocycles. The molecule has 17 heavy (non-hydrogen) atoms. The van der Waals surface area contributed by atoms with Gasteiger partial charge in [0.25, 0.3) is 0 Å². The van der Waals surface area contributed by atoms with Crippen molar-refractivity contribution >= 4 is 21.8 Å². The largest absolute Gasteiger partial charge is 0.351 e. The summed E-state index contributed by atoms with van der Waals surface area (Å²) in [6.07, 6.45) is 1.48. The van der Waals surface area contributed by atoms with Crippen LogP contribution in [0.1, 0.15) is 25.3 Å². The molecule has 1 amide bonds. The summed E-state index contributed by atoms with van der Waals surface area (Å²) in [4.78, 5) is 11.5. The van der Waals surface area contributed by atoms with E-state index in [0.717, 1.165) is 10.9 Å². The average molecular weight is 303 g/mol. The fourth-order valence-corrected chi connectivity index (χ4v) is 1.84. The van der Waals surface area contributed by atoms with Crippen LogP contribution < -0.4 is 11.1 Å². The van der Waals surface area contributed by atoms with E-state index in [1.54, 1.807) is 12.1 Å². The lowest BCUT2D eigenvalue weighted by Crippen LogP contribution is -2.40. The maximum absolute atomic E-state index is 13.4. The van der Waals surface area contributed by atoms with Gasteiger partial charge in [0, 0.05) is 16.6 Å². The Morgan fingerprint density at radius 1 is 1.59 bits per heavy atom. The van der Waals surface area contributed by atoms with E-state index >= 15 is 0 Å². The Bertz CT molecular complexity index is 398. The number of hydrogen-bond donors (Lipinski definition) is 2. The molecule has 3 N–H and O–H groups in total. The first-order chi connectivity index (χ1) is 8.04. The molecule has 0 aliphatic heterocycles. The van der Waals surface area contributed by atoms with E-state index in [2.05, 4.69) is 21.2 Å². The highest BCUT2D eigenvalue weighted by molar-refractivity contribution is 9.10. The Kier molecular flexibility index (Phi) is 5.58. The van der Waals surface area contributed by atoms with Crippen LogP contribution in [0.2, 0.25) is 0 Å². The first-order valence-electron chi connectivity index (χ1n) is 5.51. The van der Waals surface area contributed by atoms with Crippen LogP contribution in [0.15, 0.2) is 22.7 Å². The van der Waals surface area contributed by atoms with E-state index in [0.29, 0.717) is 12.0 Å². The molecule has 1 rings (SSSR count). The first-order valence-corrected chi connectivity index (χ1v) is 6.31. The molecular formula is C12H16BrFN2O. The van der Waals surface area contributed by atoms with Gasteiger partial charge in [-0.15, -0.1) is 0 Å². The number of nitrogens with two attached hydrogens (primary N) is 1. The van der Waals surface area contributed by atoms with Crippen LogP contribution in [0.5, 0.6) is 0 Å². The summed E-state index contributed by atoms with van der Waals surface area (Å²) in [5, 5.41) is 2.63. The van der Waals surface area contributed by atoms with Crippen molar-refractivity contribution in [2.75, 3.05) is 0 Å². The van der Waals surface area contributed by atoms with Crippen molar-refractivity contribution in [2.45, 2.75) is 32.4 Å². The molecule has 0 unspecified atom stereocenters. The predicted octanol–water partition coefficient (Wildman–Crippen LogP) is 2.33. The average Bonchev–Trinajstić information content (AvgIpc) is 2.30. The maximum atomic E-state index is 13.4. The highest BCUT2D eigenvalue weighted by Crippen LogP contribution is 2.15. The van der Waals surface area contributed by atoms with Crippen LogP contribution in [0, 0.1) is 5.82 Å². The quantitative estimate of drug-likeness (QED) is 0.877. The number of nitrogens with one attached hydrogen (secondary N) is 1. The van der Waals surface area contributed by atoms with Gasteiger partial charge in [0.2, 0.25) is 5.91 Å². The summed E-state index contributed by atoms with van der Waals surface area (Å²) in [5.41, 5.74) is 6.09. The maximum Gasteiger partial charge on any atom is 0.237 e. The molecule has 1 aromatic rings. The third-order valence-electron chi connectivity index (χ3n) is 2.40. The molecule has 3 nitrogen and oxygen atoms in total. The summed E-state index contributed by atoms with van der Waals surface area (Å²) in [5.74, 6) is -0.580. The SMILES string of the molecule is CCC[C@@H](N)C(=O)NCc1cc(Br)ccc1F. The van der Waals surface area contributed by atoms with Gasteiger partial charge in [0.1, 0.15) is 5.82 Å². The van der Waals surface area contributed by atoms with Crippen LogP contribution in [-0.2, 0) is 11.3 Å². The number of carbonyl (C=O) groups excluding carboxylic acids is 1. The molecule has 0 fully saturated rings. The zero-order valence-electron chi connectivity index (χ0n) is 9.67. The number of hydrogen-bond acceptors (Lipinski definition) is 2. The third kappa shape index (κ3) is 4.44. The van der Waals surface area contributed by atoms with Crippen molar-refractivity contribution in [1.29, 1.82) is 0 Å². The van der Waals surface area contributed by atoms with Gasteiger partial charge in [-0.1, -0.05) is 29.3 Å². The monoisotopic (exact) mass is 302 g/mol. The van der Waals surface area contributed by atoms with Crippen LogP contribution in [-0.4, -0.2) is 11.9 Å². The standard InChI is InChI=1S/C12H16BrFN2O/c1-2-3-11(15)12(17)16-7-8-6-9(13)4-5-10(8)14/h4-6,11H,2-3,7,15H2,1H3,(H,16,17)/t11-/m1/s1. The van der Waals surface area contributed by atoms with Gasteiger partial charge < -0.3 is 11.1 Å². The van der Waals surface area contributed by atoms with E-state index in [4.69, 9.17) is 5.73 Å². The second-order valence-electron chi connectivity index (χ2n) is 3.85. The molecule has 5 heteroatoms. The van der Waals surface area contributed by atoms with E-state index in [1.807, 2.05) is 6.92 Å². The second kappa shape index (κ2) is 6.71. The van der Waals surface area contributed by atoms with Crippen molar-refractivity contribution in [1.82, 2.24) is 5.32 Å². The van der Waals surface area contributed by atoms with Crippen molar-refractivity contribution in [3.8, 4) is 0 Å². The van der Waals surface area contributed by atoms with Gasteiger partial charge >= 0.3 is 0 Å². The lowest BCUT2D eigenvalue weighted by Gasteiger charge is -2.11. The minimum absolute atomic E-state index is 0.154. The molecule has 0 saturated carbocycles. The predicted molar refractivity (Wildman–Crippen MR) is 68.8 cm³/mol. The van der Waals surface area contributed by atoms with Crippen molar-refractivity contribution < 1.29 is 9.18 Å². The van der Waals surface area contributed by atoms with Gasteiger partial charge in [-0.3, -0.25) is 4.79 Å². The van der Waals surface area contributed by atoms with E-state index < -0.39 is 6.04 Å². The molecular weight excluding hydrogens is 287 g/mol. The number of halogens is 2. The van der Waals surface area contributed by atoms with Crippen LogP contribution in [0.3, 0.4) is 0 Å². The third-order valence-corrected chi connectivity index (χ3v) is 2.89. The fourth-order valence-electron chi connectivity index (χ4n) is 1.43. The topological polar surface area (TPSA) is 55.1 Å². The van der Waals surface area contributed by atoms with Crippen LogP contribution in [0.4, 0.5) is 4.39 Å². The Labute approximate surface area is 109 Å². The number of carbonyl (C=O) groups is 1. The minimum Gasteiger partial charge on any atom is -0.351 e. The lowest BCUT2D eigenvalue weighted by molar-refractivity contribution is -0.122. The molecule has 94 valence electrons. The zero-order chi connectivity index (χ0) is 12.8. The van der Waals surface area contributed by atoms with Gasteiger partial charge in [-0.25, -0.2) is 4.39 Å². The Balaban J connectivity index is 2.55. The van der Waals surface area contributed by atoms with Crippen molar-refractivity contribution in [2.24, 2.45) is 5.73 Å². The molecule has 0 spiro atoms. The van der Waals surface area contributed by atoms with Gasteiger partial charge in [-0.2, -0.15) is 0 Å². The van der Waals surface area contributed by atoms with Gasteiger partial charge in [0.05, 0.1) is 6.04 Å². The zero-order valence-corrected chi connectivity index (χ0v) is 11.3. The van der Waals surface area contributed by atoms with E-state index in [1.165, 1.54) is 6.07 Å². The fraction of sp³-hybridized carbons (Fsp3) is 0.417. The Morgan fingerprint density at radius 2 is 2.29 bits per heavy atom. The highest BCUT2D eigenvalue weighted by atomic mass is 79.9. The smallest absolute Gasteiger partial charge is 0.237 e. The summed E-state index contributed by atoms with van der Waals surface area (Å²) in [6.45, 7) is 2.11. The minimum atomic E-state index is -0.518. The molecule has 1 atom stereocenters. The van der Waals surface area contributed by atoms with Crippen molar-refractivity contribution in [3.63, 3.8) is 0 Å². The summed E-state index contributed by atoms with van der Waals surface area (Å²) in [7, 11) is 0. The van der Waals surface area contributed by atoms with Gasteiger partial charge in [-0.05, 0) is 24.6 Å². The molecule has 0 heterocycles. The summed E-state index contributed by atoms with van der Waals surface area (Å²) >= 11 is 3.25. The van der Waals surface area contributed by atoms with E-state index in [9.17, 15) is 9.18 Å². The molecule has 0 aliphatic rings. The Morgan fingerprint density at radius 3 is 2.94 bits per heavy atom. The van der Waals surface area contributed by atoms with Crippen LogP contribution >= 0.6 is 15.9 Å². The Hall–Kier alpha value is -0.940. The molecule has 0 bridgehead atoms. The van der Waals surface area contributed by atoms with Gasteiger partial charge in [0.15, 0.2) is 0 Å². The van der Waals surface area contributed by atoms with E-state index in [-0.39, 0.29) is 18.3 Å². The highest BCUT2D eigenvalue weighted by Gasteiger charge is 2.12. The number of benzene rings is 1. The number of amides is 1. The molecule has 0 saturated heterocycles. The normalized spacial score (nSPS) is 12.2.